The van der Waals surface area contributed by atoms with Gasteiger partial charge < -0.3 is 14.7 Å². The topological polar surface area (TPSA) is 9.72 Å². The Morgan fingerprint density at radius 1 is 0.392 bits per heavy atom. The van der Waals surface area contributed by atoms with Crippen LogP contribution in [0.4, 0.5) is 45.5 Å². The van der Waals surface area contributed by atoms with Crippen molar-refractivity contribution in [1.29, 1.82) is 0 Å². The lowest BCUT2D eigenvalue weighted by molar-refractivity contribution is 0.195. The Balaban J connectivity index is 1.31. The maximum atomic E-state index is 2.84. The van der Waals surface area contributed by atoms with Crippen molar-refractivity contribution in [3.63, 3.8) is 0 Å². The standard InChI is InChI=1S/C70H82BN3/c1-64(2,3)46-26-23-27-51(38-46)72-59-41-49(67(10,11)12)28-32-55(59)71-56-33-29-50(68(13,14)15)42-60(56)73(57-34-30-47(65(4,5)6)39-53(57)45-24-19-18-20-25-45)62-44-52(43-61(72)63(62)71)74-58-35-31-48(66(7,8)9)40-54(58)69(16)36-21-22-37-70(69,74)17/h18-20,23-35,38-44H,21-22,36-37H2,1-17H3. The Bertz CT molecular complexity index is 3360. The molecule has 7 aromatic rings. The van der Waals surface area contributed by atoms with Crippen LogP contribution in [-0.2, 0) is 32.5 Å². The molecule has 3 aliphatic heterocycles. The third kappa shape index (κ3) is 7.89. The molecular formula is C70H82BN3. The van der Waals surface area contributed by atoms with E-state index in [0.29, 0.717) is 0 Å². The van der Waals surface area contributed by atoms with E-state index in [9.17, 15) is 0 Å². The van der Waals surface area contributed by atoms with E-state index in [1.54, 1.807) is 0 Å². The Morgan fingerprint density at radius 2 is 0.878 bits per heavy atom. The molecule has 2 unspecified atom stereocenters. The van der Waals surface area contributed by atoms with Crippen LogP contribution < -0.4 is 31.1 Å². The lowest BCUT2D eigenvalue weighted by atomic mass is 9.33. The van der Waals surface area contributed by atoms with Crippen molar-refractivity contribution in [2.45, 2.75) is 181 Å². The van der Waals surface area contributed by atoms with Gasteiger partial charge in [0, 0.05) is 50.8 Å². The number of benzene rings is 7. The van der Waals surface area contributed by atoms with E-state index in [2.05, 4.69) is 272 Å². The second-order valence-corrected chi connectivity index (χ2v) is 28.3. The second-order valence-electron chi connectivity index (χ2n) is 28.3. The van der Waals surface area contributed by atoms with E-state index < -0.39 is 0 Å². The van der Waals surface area contributed by atoms with Gasteiger partial charge in [-0.05, 0) is 157 Å². The monoisotopic (exact) mass is 976 g/mol. The molecular weight excluding hydrogens is 894 g/mol. The van der Waals surface area contributed by atoms with Gasteiger partial charge in [-0.2, -0.15) is 0 Å². The zero-order valence-electron chi connectivity index (χ0n) is 48.0. The summed E-state index contributed by atoms with van der Waals surface area (Å²) in [5.74, 6) is 0. The van der Waals surface area contributed by atoms with Crippen LogP contribution in [-0.4, -0.2) is 12.3 Å². The molecule has 74 heavy (non-hydrogen) atoms. The molecule has 0 radical (unpaired) electrons. The Morgan fingerprint density at radius 3 is 1.46 bits per heavy atom. The van der Waals surface area contributed by atoms with Crippen molar-refractivity contribution in [2.24, 2.45) is 0 Å². The highest BCUT2D eigenvalue weighted by Crippen LogP contribution is 2.62. The number of hydrogen-bond acceptors (Lipinski definition) is 3. The number of anilines is 8. The van der Waals surface area contributed by atoms with E-state index >= 15 is 0 Å². The minimum atomic E-state index is -0.159. The van der Waals surface area contributed by atoms with Crippen molar-refractivity contribution in [3.8, 4) is 11.1 Å². The normalized spacial score (nSPS) is 19.5. The van der Waals surface area contributed by atoms with Crippen LogP contribution in [0.1, 0.15) is 177 Å². The van der Waals surface area contributed by atoms with Crippen LogP contribution in [0.5, 0.6) is 0 Å². The molecule has 1 aliphatic carbocycles. The van der Waals surface area contributed by atoms with Gasteiger partial charge in [-0.1, -0.05) is 209 Å². The average molecular weight is 976 g/mol. The van der Waals surface area contributed by atoms with Crippen LogP contribution in [0.15, 0.2) is 140 Å². The summed E-state index contributed by atoms with van der Waals surface area (Å²) >= 11 is 0. The van der Waals surface area contributed by atoms with Crippen LogP contribution in [0.25, 0.3) is 11.1 Å². The predicted octanol–water partition coefficient (Wildman–Crippen LogP) is 17.7. The summed E-state index contributed by atoms with van der Waals surface area (Å²) in [6.45, 7) is 40.6. The summed E-state index contributed by atoms with van der Waals surface area (Å²) in [6.07, 6.45) is 4.76. The first kappa shape index (κ1) is 50.2. The minimum absolute atomic E-state index is 0.00912. The van der Waals surface area contributed by atoms with Gasteiger partial charge in [0.2, 0.25) is 0 Å². The molecule has 0 amide bonds. The van der Waals surface area contributed by atoms with Gasteiger partial charge in [-0.15, -0.1) is 0 Å². The fourth-order valence-corrected chi connectivity index (χ4v) is 13.3. The zero-order chi connectivity index (χ0) is 52.9. The smallest absolute Gasteiger partial charge is 0.252 e. The Hall–Kier alpha value is -6.00. The van der Waals surface area contributed by atoms with Crippen molar-refractivity contribution >= 4 is 68.6 Å². The van der Waals surface area contributed by atoms with Gasteiger partial charge in [-0.25, -0.2) is 0 Å². The van der Waals surface area contributed by atoms with Crippen molar-refractivity contribution < 1.29 is 0 Å². The van der Waals surface area contributed by atoms with E-state index in [4.69, 9.17) is 0 Å². The van der Waals surface area contributed by atoms with Crippen LogP contribution in [0, 0.1) is 0 Å². The van der Waals surface area contributed by atoms with E-state index in [-0.39, 0.29) is 44.7 Å². The molecule has 11 rings (SSSR count). The van der Waals surface area contributed by atoms with Crippen LogP contribution in [0.2, 0.25) is 0 Å². The number of fused-ring (bicyclic) bond motifs is 7. The Kier molecular flexibility index (Phi) is 11.4. The zero-order valence-corrected chi connectivity index (χ0v) is 48.0. The number of hydrogen-bond donors (Lipinski definition) is 0. The third-order valence-corrected chi connectivity index (χ3v) is 18.2. The SMILES string of the molecule is CC(C)(C)c1cccc(N2c3cc(C(C)(C)C)ccc3B3c4ccc(C(C)(C)C)cc4N(c4ccc(C(C)(C)C)cc4-c4ccccc4)c4cc(N5c6ccc(C(C)(C)C)cc6C6(C)CCCCC56C)cc2c43)c1. The van der Waals surface area contributed by atoms with Gasteiger partial charge >= 0.3 is 0 Å². The highest BCUT2D eigenvalue weighted by Gasteiger charge is 2.58. The first-order chi connectivity index (χ1) is 34.6. The molecule has 4 heteroatoms. The van der Waals surface area contributed by atoms with Crippen molar-refractivity contribution in [2.75, 3.05) is 14.7 Å². The average Bonchev–Trinajstić information content (AvgIpc) is 3.54. The summed E-state index contributed by atoms with van der Waals surface area (Å²) in [5.41, 5.74) is 24.5. The van der Waals surface area contributed by atoms with E-state index in [1.807, 2.05) is 0 Å². The second kappa shape index (κ2) is 16.8. The molecule has 3 nitrogen and oxygen atoms in total. The quantitative estimate of drug-likeness (QED) is 0.163. The van der Waals surface area contributed by atoms with Gasteiger partial charge in [0.15, 0.2) is 0 Å². The number of nitrogens with zero attached hydrogens (tertiary/aromatic N) is 3. The first-order valence-corrected chi connectivity index (χ1v) is 27.9. The molecule has 3 heterocycles. The van der Waals surface area contributed by atoms with E-state index in [0.717, 1.165) is 6.42 Å². The molecule has 2 atom stereocenters. The summed E-state index contributed by atoms with van der Waals surface area (Å²) in [4.78, 5) is 8.22. The predicted molar refractivity (Wildman–Crippen MR) is 322 cm³/mol. The minimum Gasteiger partial charge on any atom is -0.334 e. The highest BCUT2D eigenvalue weighted by atomic mass is 15.3. The molecule has 4 aliphatic rings. The molecule has 0 bridgehead atoms. The summed E-state index contributed by atoms with van der Waals surface area (Å²) < 4.78 is 0. The van der Waals surface area contributed by atoms with Crippen molar-refractivity contribution in [3.05, 3.63) is 173 Å². The van der Waals surface area contributed by atoms with Gasteiger partial charge in [0.25, 0.3) is 6.71 Å². The molecule has 1 fully saturated rings. The molecule has 0 spiro atoms. The Labute approximate surface area is 446 Å². The summed E-state index contributed by atoms with van der Waals surface area (Å²) in [7, 11) is 0. The lowest BCUT2D eigenvalue weighted by Crippen LogP contribution is -2.61. The van der Waals surface area contributed by atoms with Gasteiger partial charge in [0.05, 0.1) is 11.2 Å². The fraction of sp³-hybridized carbons (Fsp3) is 0.400. The maximum Gasteiger partial charge on any atom is 0.252 e. The molecule has 1 saturated carbocycles. The molecule has 0 N–H and O–H groups in total. The fourth-order valence-electron chi connectivity index (χ4n) is 13.3. The third-order valence-electron chi connectivity index (χ3n) is 18.2. The van der Waals surface area contributed by atoms with Gasteiger partial charge in [-0.3, -0.25) is 0 Å². The van der Waals surface area contributed by atoms with E-state index in [1.165, 1.54) is 126 Å². The number of rotatable bonds is 4. The highest BCUT2D eigenvalue weighted by molar-refractivity contribution is 7.00. The first-order valence-electron chi connectivity index (χ1n) is 27.9. The molecule has 0 saturated heterocycles. The lowest BCUT2D eigenvalue weighted by Gasteiger charge is -2.51. The largest absolute Gasteiger partial charge is 0.334 e. The van der Waals surface area contributed by atoms with Crippen molar-refractivity contribution in [1.82, 2.24) is 0 Å². The van der Waals surface area contributed by atoms with Gasteiger partial charge in [0.1, 0.15) is 0 Å². The van der Waals surface area contributed by atoms with Crippen LogP contribution in [0.3, 0.4) is 0 Å². The maximum absolute atomic E-state index is 2.84. The summed E-state index contributed by atoms with van der Waals surface area (Å²) in [5, 5.41) is 0. The summed E-state index contributed by atoms with van der Waals surface area (Å²) in [6, 6.07) is 55.7. The molecule has 380 valence electrons. The van der Waals surface area contributed by atoms with Crippen LogP contribution >= 0.6 is 0 Å². The molecule has 7 aromatic carbocycles. The molecule has 0 aromatic heterocycles.